The van der Waals surface area contributed by atoms with E-state index >= 15 is 0 Å². The van der Waals surface area contributed by atoms with Crippen LogP contribution in [0.4, 0.5) is 17.2 Å². The van der Waals surface area contributed by atoms with Crippen LogP contribution in [0.1, 0.15) is 44.2 Å². The van der Waals surface area contributed by atoms with Crippen LogP contribution in [0, 0.1) is 17.3 Å². The van der Waals surface area contributed by atoms with Crippen molar-refractivity contribution in [1.29, 1.82) is 0 Å². The van der Waals surface area contributed by atoms with Crippen molar-refractivity contribution in [3.05, 3.63) is 54.4 Å². The Morgan fingerprint density at radius 2 is 1.74 bits per heavy atom. The lowest BCUT2D eigenvalue weighted by atomic mass is 9.94. The van der Waals surface area contributed by atoms with Crippen LogP contribution in [-0.2, 0) is 0 Å². The highest BCUT2D eigenvalue weighted by atomic mass is 16.3. The fraction of sp³-hybridized carbons (Fsp3) is 0.452. The van der Waals surface area contributed by atoms with Gasteiger partial charge in [0.25, 0.3) is 0 Å². The Balaban J connectivity index is 1.05. The van der Waals surface area contributed by atoms with E-state index in [1.54, 1.807) is 12.1 Å². The van der Waals surface area contributed by atoms with Crippen molar-refractivity contribution in [2.75, 3.05) is 48.3 Å². The van der Waals surface area contributed by atoms with E-state index in [0.717, 1.165) is 43.9 Å². The highest BCUT2D eigenvalue weighted by molar-refractivity contribution is 5.74. The second kappa shape index (κ2) is 9.73. The molecule has 2 unspecified atom stereocenters. The number of pyridine rings is 1. The summed E-state index contributed by atoms with van der Waals surface area (Å²) in [6.07, 6.45) is 9.71. The van der Waals surface area contributed by atoms with Crippen molar-refractivity contribution in [2.45, 2.75) is 50.6 Å². The molecule has 200 valence electrons. The summed E-state index contributed by atoms with van der Waals surface area (Å²) in [6.45, 7) is 4.90. The number of likely N-dealkylation sites (tertiary alicyclic amines) is 1. The molecule has 3 aromatic rings. The number of anilines is 3. The van der Waals surface area contributed by atoms with E-state index in [9.17, 15) is 5.11 Å². The first-order valence-corrected chi connectivity index (χ1v) is 14.2. The van der Waals surface area contributed by atoms with Gasteiger partial charge in [-0.05, 0) is 93.3 Å². The topological polar surface area (TPSA) is 94.6 Å². The maximum atomic E-state index is 10.3. The van der Waals surface area contributed by atoms with Crippen LogP contribution in [0.15, 0.2) is 48.7 Å². The van der Waals surface area contributed by atoms with Gasteiger partial charge in [-0.25, -0.2) is 4.98 Å². The number of nitrogens with two attached hydrogens (primary N) is 1. The number of aromatic hydroxyl groups is 1. The maximum Gasteiger partial charge on any atom is 0.169 e. The van der Waals surface area contributed by atoms with Crippen LogP contribution < -0.4 is 15.5 Å². The number of phenolic OH excluding ortho intramolecular Hbond substituents is 1. The molecule has 2 bridgehead atoms. The number of hydrogen-bond acceptors (Lipinski definition) is 8. The minimum atomic E-state index is 0.187. The number of piperidine rings is 1. The van der Waals surface area contributed by atoms with Gasteiger partial charge in [0.1, 0.15) is 11.4 Å². The third-order valence-electron chi connectivity index (χ3n) is 9.24. The van der Waals surface area contributed by atoms with Gasteiger partial charge in [0.05, 0.1) is 17.9 Å². The van der Waals surface area contributed by atoms with E-state index in [1.165, 1.54) is 44.5 Å². The van der Waals surface area contributed by atoms with Gasteiger partial charge in [0.2, 0.25) is 0 Å². The van der Waals surface area contributed by atoms with Crippen LogP contribution in [0.2, 0.25) is 0 Å². The van der Waals surface area contributed by atoms with Gasteiger partial charge < -0.3 is 20.6 Å². The van der Waals surface area contributed by atoms with Gasteiger partial charge in [-0.3, -0.25) is 4.90 Å². The summed E-state index contributed by atoms with van der Waals surface area (Å²) in [5.41, 5.74) is 11.2. The summed E-state index contributed by atoms with van der Waals surface area (Å²) in [5, 5.41) is 18.8. The molecule has 8 heteroatoms. The molecule has 1 saturated carbocycles. The van der Waals surface area contributed by atoms with E-state index in [2.05, 4.69) is 53.9 Å². The predicted octanol–water partition coefficient (Wildman–Crippen LogP) is 3.91. The number of rotatable bonds is 4. The molecule has 1 spiro atoms. The molecule has 8 nitrogen and oxygen atoms in total. The lowest BCUT2D eigenvalue weighted by Gasteiger charge is -2.43. The summed E-state index contributed by atoms with van der Waals surface area (Å²) >= 11 is 0. The predicted molar refractivity (Wildman–Crippen MR) is 154 cm³/mol. The van der Waals surface area contributed by atoms with Crippen molar-refractivity contribution < 1.29 is 5.11 Å². The third kappa shape index (κ3) is 4.76. The Morgan fingerprint density at radius 3 is 2.49 bits per heavy atom. The van der Waals surface area contributed by atoms with Crippen LogP contribution in [0.25, 0.3) is 11.3 Å². The summed E-state index contributed by atoms with van der Waals surface area (Å²) in [4.78, 5) is 11.9. The fourth-order valence-corrected chi connectivity index (χ4v) is 6.74. The summed E-state index contributed by atoms with van der Waals surface area (Å²) in [5.74, 6) is 7.33. The van der Waals surface area contributed by atoms with Crippen molar-refractivity contribution >= 4 is 17.2 Å². The SMILES string of the molecule is Nc1nnc(-c2ccccc2O)cc1N1CC2CCC(C1)N2c1ccnc(C#CCN2CCC3(CC2)CC3)c1. The Bertz CT molecular complexity index is 1420. The second-order valence-corrected chi connectivity index (χ2v) is 11.7. The molecule has 2 atom stereocenters. The third-order valence-corrected chi connectivity index (χ3v) is 9.24. The van der Waals surface area contributed by atoms with Crippen molar-refractivity contribution in [3.63, 3.8) is 0 Å². The Morgan fingerprint density at radius 1 is 0.974 bits per heavy atom. The first kappa shape index (κ1) is 24.2. The average Bonchev–Trinajstić information content (AvgIpc) is 3.66. The molecule has 3 saturated heterocycles. The zero-order valence-corrected chi connectivity index (χ0v) is 22.3. The Hall–Kier alpha value is -3.83. The quantitative estimate of drug-likeness (QED) is 0.499. The second-order valence-electron chi connectivity index (χ2n) is 11.7. The molecular weight excluding hydrogens is 486 g/mol. The molecule has 2 aromatic heterocycles. The first-order valence-electron chi connectivity index (χ1n) is 14.2. The molecule has 1 aliphatic carbocycles. The van der Waals surface area contributed by atoms with Gasteiger partial charge in [-0.15, -0.1) is 10.2 Å². The van der Waals surface area contributed by atoms with E-state index in [-0.39, 0.29) is 5.75 Å². The smallest absolute Gasteiger partial charge is 0.169 e. The number of piperazine rings is 1. The van der Waals surface area contributed by atoms with Gasteiger partial charge in [-0.1, -0.05) is 18.1 Å². The Kier molecular flexibility index (Phi) is 6.04. The van der Waals surface area contributed by atoms with E-state index in [1.807, 2.05) is 24.4 Å². The molecule has 0 amide bonds. The highest BCUT2D eigenvalue weighted by Gasteiger charge is 2.44. The van der Waals surface area contributed by atoms with Gasteiger partial charge in [-0.2, -0.15) is 0 Å². The standard InChI is InChI=1S/C31H35N7O/c32-30-28(19-27(34-35-30)26-5-1-2-6-29(26)39)37-20-24-7-8-25(21-37)38(24)23-9-14-33-22(18-23)4-3-15-36-16-12-31(10-11-31)13-17-36/h1-2,5-6,9,14,18-19,24-25,39H,7-8,10-13,15-17,20-21H2,(H2,32,35). The minimum absolute atomic E-state index is 0.187. The zero-order chi connectivity index (χ0) is 26.4. The average molecular weight is 522 g/mol. The van der Waals surface area contributed by atoms with Gasteiger partial charge >= 0.3 is 0 Å². The normalized spacial score (nSPS) is 23.5. The molecule has 39 heavy (non-hydrogen) atoms. The van der Waals surface area contributed by atoms with E-state index < -0.39 is 0 Å². The first-order chi connectivity index (χ1) is 19.1. The van der Waals surface area contributed by atoms with E-state index in [4.69, 9.17) is 5.73 Å². The van der Waals surface area contributed by atoms with Gasteiger partial charge in [0, 0.05) is 42.6 Å². The monoisotopic (exact) mass is 521 g/mol. The molecule has 4 fully saturated rings. The number of nitrogen functional groups attached to an aromatic ring is 1. The summed E-state index contributed by atoms with van der Waals surface area (Å²) < 4.78 is 0. The molecule has 0 radical (unpaired) electrons. The lowest BCUT2D eigenvalue weighted by Crippen LogP contribution is -2.54. The van der Waals surface area contributed by atoms with Crippen LogP contribution in [0.3, 0.4) is 0 Å². The minimum Gasteiger partial charge on any atom is -0.507 e. The summed E-state index contributed by atoms with van der Waals surface area (Å²) in [6, 6.07) is 14.2. The number of aromatic nitrogens is 3. The number of benzene rings is 1. The fourth-order valence-electron chi connectivity index (χ4n) is 6.74. The zero-order valence-electron chi connectivity index (χ0n) is 22.3. The molecular formula is C31H35N7O. The molecule has 3 aliphatic heterocycles. The largest absolute Gasteiger partial charge is 0.507 e. The van der Waals surface area contributed by atoms with Gasteiger partial charge in [0.15, 0.2) is 5.82 Å². The number of fused-ring (bicyclic) bond motifs is 2. The molecule has 4 aliphatic rings. The maximum absolute atomic E-state index is 10.3. The number of para-hydroxylation sites is 1. The van der Waals surface area contributed by atoms with Crippen LogP contribution >= 0.6 is 0 Å². The van der Waals surface area contributed by atoms with Crippen LogP contribution in [0.5, 0.6) is 5.75 Å². The van der Waals surface area contributed by atoms with Crippen molar-refractivity contribution in [1.82, 2.24) is 20.1 Å². The van der Waals surface area contributed by atoms with Crippen molar-refractivity contribution in [2.24, 2.45) is 5.41 Å². The highest BCUT2D eigenvalue weighted by Crippen LogP contribution is 2.53. The van der Waals surface area contributed by atoms with E-state index in [0.29, 0.717) is 34.6 Å². The molecule has 7 rings (SSSR count). The number of nitrogens with zero attached hydrogens (tertiary/aromatic N) is 6. The summed E-state index contributed by atoms with van der Waals surface area (Å²) in [7, 11) is 0. The Labute approximate surface area is 229 Å². The van der Waals surface area contributed by atoms with Crippen molar-refractivity contribution in [3.8, 4) is 28.8 Å². The number of hydrogen-bond donors (Lipinski definition) is 2. The molecule has 5 heterocycles. The molecule has 3 N–H and O–H groups in total. The number of phenols is 1. The molecule has 1 aromatic carbocycles. The van der Waals surface area contributed by atoms with Crippen LogP contribution in [-0.4, -0.2) is 70.0 Å². The lowest BCUT2D eigenvalue weighted by molar-refractivity contribution is 0.190.